The van der Waals surface area contributed by atoms with E-state index < -0.39 is 25.0 Å². The van der Waals surface area contributed by atoms with E-state index in [-0.39, 0.29) is 0 Å². The maximum absolute atomic E-state index is 5.98. The van der Waals surface area contributed by atoms with Gasteiger partial charge < -0.3 is 8.43 Å². The summed E-state index contributed by atoms with van der Waals surface area (Å²) in [5.41, 5.74) is 0. The third-order valence-corrected chi connectivity index (χ3v) is 7.54. The summed E-state index contributed by atoms with van der Waals surface area (Å²) in [5.74, 6) is 0. The van der Waals surface area contributed by atoms with Crippen molar-refractivity contribution in [1.82, 2.24) is 0 Å². The molecule has 2 nitrogen and oxygen atoms in total. The van der Waals surface area contributed by atoms with Crippen LogP contribution < -0.4 is 0 Å². The highest BCUT2D eigenvalue weighted by Gasteiger charge is 2.26. The van der Waals surface area contributed by atoms with Crippen LogP contribution >= 0.6 is 8.38 Å². The molecule has 0 saturated heterocycles. The number of hydrogen-bond donors (Lipinski definition) is 0. The first-order chi connectivity index (χ1) is 5.64. The first kappa shape index (κ1) is 13.8. The standard InChI is InChI=1S/C8H23O2PSi2/c1-8-11(9-12(2,3)4)10-13(5,6)7/h8H2,1-7H3. The Hall–Kier alpha value is 0.784. The molecule has 0 atom stereocenters. The molecule has 0 aliphatic heterocycles. The number of rotatable bonds is 5. The molecule has 0 bridgehead atoms. The van der Waals surface area contributed by atoms with Crippen molar-refractivity contribution in [1.29, 1.82) is 0 Å². The van der Waals surface area contributed by atoms with E-state index in [1.807, 2.05) is 0 Å². The molecule has 0 amide bonds. The van der Waals surface area contributed by atoms with Gasteiger partial charge in [0.2, 0.25) is 0 Å². The fraction of sp³-hybridized carbons (Fsp3) is 1.00. The van der Waals surface area contributed by atoms with Crippen LogP contribution in [0.3, 0.4) is 0 Å². The van der Waals surface area contributed by atoms with Crippen molar-refractivity contribution >= 4 is 25.0 Å². The molecule has 0 aliphatic rings. The van der Waals surface area contributed by atoms with Gasteiger partial charge >= 0.3 is 0 Å². The van der Waals surface area contributed by atoms with Crippen molar-refractivity contribution in [3.63, 3.8) is 0 Å². The molecular weight excluding hydrogens is 215 g/mol. The van der Waals surface area contributed by atoms with Crippen LogP contribution in [0, 0.1) is 0 Å². The summed E-state index contributed by atoms with van der Waals surface area (Å²) in [5, 5.41) is 0. The van der Waals surface area contributed by atoms with Crippen LogP contribution in [-0.2, 0) is 8.43 Å². The van der Waals surface area contributed by atoms with E-state index >= 15 is 0 Å². The normalized spacial score (nSPS) is 13.8. The summed E-state index contributed by atoms with van der Waals surface area (Å²) in [6, 6.07) is 0. The van der Waals surface area contributed by atoms with Crippen molar-refractivity contribution in [3.05, 3.63) is 0 Å². The summed E-state index contributed by atoms with van der Waals surface area (Å²) in [4.78, 5) is 0. The molecule has 13 heavy (non-hydrogen) atoms. The molecule has 0 aliphatic carbocycles. The van der Waals surface area contributed by atoms with Crippen LogP contribution in [0.4, 0.5) is 0 Å². The Labute approximate surface area is 86.2 Å². The first-order valence-corrected chi connectivity index (χ1v) is 13.0. The molecule has 0 fully saturated rings. The first-order valence-electron chi connectivity index (χ1n) is 4.80. The lowest BCUT2D eigenvalue weighted by Gasteiger charge is -2.29. The van der Waals surface area contributed by atoms with Crippen LogP contribution in [0.15, 0.2) is 0 Å². The molecule has 0 N–H and O–H groups in total. The predicted octanol–water partition coefficient (Wildman–Crippen LogP) is 4.02. The zero-order valence-electron chi connectivity index (χ0n) is 9.97. The van der Waals surface area contributed by atoms with Crippen molar-refractivity contribution < 1.29 is 8.43 Å². The lowest BCUT2D eigenvalue weighted by atomic mass is 11.0. The third-order valence-electron chi connectivity index (χ3n) is 1.01. The van der Waals surface area contributed by atoms with Gasteiger partial charge in [-0.2, -0.15) is 0 Å². The molecule has 5 heteroatoms. The molecule has 0 rings (SSSR count). The maximum atomic E-state index is 5.98. The molecule has 0 heterocycles. The van der Waals surface area contributed by atoms with Crippen molar-refractivity contribution in [2.75, 3.05) is 6.16 Å². The van der Waals surface area contributed by atoms with Crippen LogP contribution in [-0.4, -0.2) is 22.8 Å². The van der Waals surface area contributed by atoms with E-state index in [9.17, 15) is 0 Å². The summed E-state index contributed by atoms with van der Waals surface area (Å²) >= 11 is 0. The van der Waals surface area contributed by atoms with Crippen LogP contribution in [0.25, 0.3) is 0 Å². The SMILES string of the molecule is CCP(O[Si](C)(C)C)O[Si](C)(C)C. The van der Waals surface area contributed by atoms with Gasteiger partial charge in [0.25, 0.3) is 0 Å². The van der Waals surface area contributed by atoms with E-state index in [1.54, 1.807) is 0 Å². The van der Waals surface area contributed by atoms with Crippen LogP contribution in [0.2, 0.25) is 39.3 Å². The topological polar surface area (TPSA) is 18.5 Å². The molecular formula is C8H23O2PSi2. The quantitative estimate of drug-likeness (QED) is 0.532. The predicted molar refractivity (Wildman–Crippen MR) is 66.3 cm³/mol. The Bertz CT molecular complexity index is 135. The monoisotopic (exact) mass is 238 g/mol. The second kappa shape index (κ2) is 5.03. The van der Waals surface area contributed by atoms with Crippen molar-refractivity contribution in [3.8, 4) is 0 Å². The fourth-order valence-corrected chi connectivity index (χ4v) is 7.16. The van der Waals surface area contributed by atoms with Gasteiger partial charge in [0.05, 0.1) is 0 Å². The molecule has 80 valence electrons. The van der Waals surface area contributed by atoms with Gasteiger partial charge in [-0.3, -0.25) is 0 Å². The van der Waals surface area contributed by atoms with Crippen LogP contribution in [0.5, 0.6) is 0 Å². The smallest absolute Gasteiger partial charge is 0.191 e. The van der Waals surface area contributed by atoms with Gasteiger partial charge in [0.1, 0.15) is 8.38 Å². The Kier molecular flexibility index (Phi) is 5.33. The Morgan fingerprint density at radius 2 is 1.15 bits per heavy atom. The van der Waals surface area contributed by atoms with Crippen molar-refractivity contribution in [2.45, 2.75) is 46.2 Å². The molecule has 0 aromatic heterocycles. The largest absolute Gasteiger partial charge is 0.376 e. The highest BCUT2D eigenvalue weighted by Crippen LogP contribution is 2.43. The Morgan fingerprint density at radius 3 is 1.31 bits per heavy atom. The fourth-order valence-electron chi connectivity index (χ4n) is 0.759. The summed E-state index contributed by atoms with van der Waals surface area (Å²) in [6.45, 7) is 15.4. The van der Waals surface area contributed by atoms with Gasteiger partial charge in [-0.25, -0.2) is 0 Å². The molecule has 0 saturated carbocycles. The van der Waals surface area contributed by atoms with Crippen molar-refractivity contribution in [2.24, 2.45) is 0 Å². The minimum absolute atomic E-state index is 0.611. The van der Waals surface area contributed by atoms with Gasteiger partial charge in [0, 0.05) is 6.16 Å². The highest BCUT2D eigenvalue weighted by molar-refractivity contribution is 7.50. The zero-order chi connectivity index (χ0) is 10.7. The summed E-state index contributed by atoms with van der Waals surface area (Å²) in [7, 11) is -3.44. The van der Waals surface area contributed by atoms with E-state index in [2.05, 4.69) is 46.2 Å². The zero-order valence-corrected chi connectivity index (χ0v) is 12.9. The molecule has 0 spiro atoms. The van der Waals surface area contributed by atoms with Gasteiger partial charge in [-0.05, 0) is 39.3 Å². The van der Waals surface area contributed by atoms with E-state index in [1.165, 1.54) is 0 Å². The maximum Gasteiger partial charge on any atom is 0.191 e. The second-order valence-corrected chi connectivity index (χ2v) is 16.3. The van der Waals surface area contributed by atoms with E-state index in [0.29, 0.717) is 0 Å². The van der Waals surface area contributed by atoms with E-state index in [4.69, 9.17) is 8.43 Å². The Morgan fingerprint density at radius 1 is 0.846 bits per heavy atom. The average Bonchev–Trinajstić information content (AvgIpc) is 1.79. The average molecular weight is 238 g/mol. The molecule has 0 unspecified atom stereocenters. The van der Waals surface area contributed by atoms with E-state index in [0.717, 1.165) is 6.16 Å². The van der Waals surface area contributed by atoms with Crippen LogP contribution in [0.1, 0.15) is 6.92 Å². The summed E-state index contributed by atoms with van der Waals surface area (Å²) < 4.78 is 12.0. The highest BCUT2D eigenvalue weighted by atomic mass is 31.2. The van der Waals surface area contributed by atoms with Gasteiger partial charge in [-0.1, -0.05) is 6.92 Å². The minimum atomic E-state index is -1.42. The lowest BCUT2D eigenvalue weighted by molar-refractivity contribution is 0.490. The third kappa shape index (κ3) is 9.10. The second-order valence-electron chi connectivity index (χ2n) is 5.06. The van der Waals surface area contributed by atoms with Gasteiger partial charge in [0.15, 0.2) is 16.6 Å². The summed E-state index contributed by atoms with van der Waals surface area (Å²) in [6.07, 6.45) is 1.02. The van der Waals surface area contributed by atoms with Gasteiger partial charge in [-0.15, -0.1) is 0 Å². The molecule has 0 aromatic carbocycles. The number of hydrogen-bond acceptors (Lipinski definition) is 2. The minimum Gasteiger partial charge on any atom is -0.376 e. The molecule has 0 radical (unpaired) electrons. The lowest BCUT2D eigenvalue weighted by Crippen LogP contribution is -2.28. The Balaban J connectivity index is 4.05. The molecule has 0 aromatic rings.